The molecule has 0 spiro atoms. The summed E-state index contributed by atoms with van der Waals surface area (Å²) in [4.78, 5) is 23.5. The smallest absolute Gasteiger partial charge is 0.159 e. The molecule has 5 rings (SSSR count). The molecule has 1 aromatic rings. The first-order chi connectivity index (χ1) is 16.0. The van der Waals surface area contributed by atoms with Gasteiger partial charge < -0.3 is 4.74 Å². The van der Waals surface area contributed by atoms with Gasteiger partial charge in [0.05, 0.1) is 36.4 Å². The van der Waals surface area contributed by atoms with Gasteiger partial charge in [0.1, 0.15) is 0 Å². The van der Waals surface area contributed by atoms with Gasteiger partial charge in [-0.25, -0.2) is 0 Å². The van der Waals surface area contributed by atoms with E-state index in [2.05, 4.69) is 41.8 Å². The SMILES string of the molecule is CC[C@@H]1CN2CC[C@@]3(N4CCCCC4)C(=Nc4cccc(C)c43)[C@@H]2C[C@@H]1/C(=C\OC)C(C)=O. The summed E-state index contributed by atoms with van der Waals surface area (Å²) in [5.74, 6) is 0.831. The van der Waals surface area contributed by atoms with Crippen molar-refractivity contribution in [1.29, 1.82) is 0 Å². The Morgan fingerprint density at radius 3 is 2.73 bits per heavy atom. The number of aliphatic imine (C=N–C) groups is 1. The molecule has 178 valence electrons. The van der Waals surface area contributed by atoms with Crippen molar-refractivity contribution in [3.63, 3.8) is 0 Å². The maximum Gasteiger partial charge on any atom is 0.159 e. The van der Waals surface area contributed by atoms with Crippen molar-refractivity contribution >= 4 is 17.2 Å². The predicted molar refractivity (Wildman–Crippen MR) is 133 cm³/mol. The predicted octanol–water partition coefficient (Wildman–Crippen LogP) is 5.00. The Kier molecular flexibility index (Phi) is 6.21. The molecule has 4 aliphatic heterocycles. The fourth-order valence-electron chi connectivity index (χ4n) is 7.32. The van der Waals surface area contributed by atoms with Gasteiger partial charge in [-0.1, -0.05) is 31.9 Å². The molecule has 0 aliphatic carbocycles. The van der Waals surface area contributed by atoms with Crippen LogP contribution in [0, 0.1) is 18.8 Å². The fraction of sp³-hybridized carbons (Fsp3) is 0.643. The zero-order chi connectivity index (χ0) is 23.2. The van der Waals surface area contributed by atoms with Crippen LogP contribution in [-0.4, -0.2) is 60.6 Å². The topological polar surface area (TPSA) is 45.1 Å². The summed E-state index contributed by atoms with van der Waals surface area (Å²) < 4.78 is 5.38. The van der Waals surface area contributed by atoms with E-state index in [1.165, 1.54) is 41.8 Å². The summed E-state index contributed by atoms with van der Waals surface area (Å²) in [6.07, 6.45) is 8.74. The maximum absolute atomic E-state index is 12.6. The minimum absolute atomic E-state index is 0.0762. The molecule has 5 nitrogen and oxygen atoms in total. The molecule has 0 N–H and O–H groups in total. The first-order valence-corrected chi connectivity index (χ1v) is 12.9. The Bertz CT molecular complexity index is 977. The summed E-state index contributed by atoms with van der Waals surface area (Å²) in [5.41, 5.74) is 6.12. The van der Waals surface area contributed by atoms with Crippen LogP contribution in [0.4, 0.5) is 5.69 Å². The highest BCUT2D eigenvalue weighted by Crippen LogP contribution is 2.53. The van der Waals surface area contributed by atoms with Crippen LogP contribution < -0.4 is 0 Å². The number of carbonyl (C=O) groups is 1. The minimum Gasteiger partial charge on any atom is -0.504 e. The van der Waals surface area contributed by atoms with Crippen molar-refractivity contribution in [3.8, 4) is 0 Å². The molecule has 1 aromatic carbocycles. The lowest BCUT2D eigenvalue weighted by atomic mass is 9.67. The van der Waals surface area contributed by atoms with Crippen LogP contribution in [0.1, 0.15) is 63.5 Å². The van der Waals surface area contributed by atoms with Crippen LogP contribution in [0.15, 0.2) is 35.0 Å². The molecule has 4 aliphatic rings. The Morgan fingerprint density at radius 2 is 2.03 bits per heavy atom. The van der Waals surface area contributed by atoms with E-state index in [0.29, 0.717) is 5.92 Å². The van der Waals surface area contributed by atoms with E-state index in [-0.39, 0.29) is 23.3 Å². The highest BCUT2D eigenvalue weighted by molar-refractivity contribution is 6.06. The first-order valence-electron chi connectivity index (χ1n) is 12.9. The second-order valence-corrected chi connectivity index (χ2v) is 10.5. The zero-order valence-electron chi connectivity index (χ0n) is 20.8. The Balaban J connectivity index is 1.59. The van der Waals surface area contributed by atoms with Crippen LogP contribution in [0.3, 0.4) is 0 Å². The number of likely N-dealkylation sites (tertiary alicyclic amines) is 1. The summed E-state index contributed by atoms with van der Waals surface area (Å²) in [6.45, 7) is 10.7. The number of ether oxygens (including phenoxy) is 1. The normalized spacial score (nSPS) is 32.5. The zero-order valence-corrected chi connectivity index (χ0v) is 20.8. The lowest BCUT2D eigenvalue weighted by Gasteiger charge is -2.55. The van der Waals surface area contributed by atoms with Crippen molar-refractivity contribution < 1.29 is 9.53 Å². The Labute approximate surface area is 198 Å². The third-order valence-electron chi connectivity index (χ3n) is 8.83. The van der Waals surface area contributed by atoms with E-state index >= 15 is 0 Å². The molecule has 0 radical (unpaired) electrons. The molecule has 5 heteroatoms. The molecular weight excluding hydrogens is 410 g/mol. The van der Waals surface area contributed by atoms with Crippen molar-refractivity contribution in [2.45, 2.75) is 70.9 Å². The number of benzene rings is 1. The average Bonchev–Trinajstić information content (AvgIpc) is 3.19. The lowest BCUT2D eigenvalue weighted by Crippen LogP contribution is -2.66. The minimum atomic E-state index is -0.0762. The standard InChI is InChI=1S/C28H39N3O2/c1-5-21-17-30-15-12-28(31-13-7-6-8-14-31)26-19(2)10-9-11-24(26)29-27(28)25(30)16-22(21)23(18-33-4)20(3)32/h9-11,18,21-22,25H,5-8,12-17H2,1-4H3/b23-18-/t21-,22+,25+,28+/m1/s1. The third-order valence-corrected chi connectivity index (χ3v) is 8.83. The number of Topliss-reactive ketones (excluding diaryl/α,β-unsaturated/α-hetero) is 1. The Hall–Kier alpha value is -1.98. The van der Waals surface area contributed by atoms with Gasteiger partial charge in [0.25, 0.3) is 0 Å². The molecule has 0 aromatic heterocycles. The number of aryl methyl sites for hydroxylation is 1. The number of carbonyl (C=O) groups excluding carboxylic acids is 1. The lowest BCUT2D eigenvalue weighted by molar-refractivity contribution is -0.114. The van der Waals surface area contributed by atoms with Crippen LogP contribution in [0.5, 0.6) is 0 Å². The maximum atomic E-state index is 12.6. The van der Waals surface area contributed by atoms with Gasteiger partial charge in [-0.15, -0.1) is 0 Å². The molecule has 0 bridgehead atoms. The fourth-order valence-corrected chi connectivity index (χ4v) is 7.32. The summed E-state index contributed by atoms with van der Waals surface area (Å²) >= 11 is 0. The van der Waals surface area contributed by atoms with Gasteiger partial charge in [-0.3, -0.25) is 19.6 Å². The number of fused-ring (bicyclic) bond motifs is 5. The molecular formula is C28H39N3O2. The van der Waals surface area contributed by atoms with Crippen LogP contribution in [-0.2, 0) is 15.1 Å². The first kappa shape index (κ1) is 22.8. The van der Waals surface area contributed by atoms with Crippen molar-refractivity contribution in [3.05, 3.63) is 41.2 Å². The summed E-state index contributed by atoms with van der Waals surface area (Å²) in [6, 6.07) is 6.91. The number of ketones is 1. The van der Waals surface area contributed by atoms with Gasteiger partial charge in [0, 0.05) is 24.2 Å². The van der Waals surface area contributed by atoms with E-state index in [1.54, 1.807) is 20.3 Å². The third kappa shape index (κ3) is 3.59. The average molecular weight is 450 g/mol. The van der Waals surface area contributed by atoms with E-state index in [9.17, 15) is 4.79 Å². The molecule has 3 saturated heterocycles. The summed E-state index contributed by atoms with van der Waals surface area (Å²) in [7, 11) is 1.65. The molecule has 0 saturated carbocycles. The number of hydrogen-bond acceptors (Lipinski definition) is 5. The van der Waals surface area contributed by atoms with E-state index in [1.807, 2.05) is 0 Å². The van der Waals surface area contributed by atoms with E-state index in [4.69, 9.17) is 9.73 Å². The van der Waals surface area contributed by atoms with Crippen molar-refractivity contribution in [2.24, 2.45) is 16.8 Å². The number of hydrogen-bond donors (Lipinski definition) is 0. The highest BCUT2D eigenvalue weighted by atomic mass is 16.5. The van der Waals surface area contributed by atoms with E-state index < -0.39 is 0 Å². The van der Waals surface area contributed by atoms with Crippen LogP contribution >= 0.6 is 0 Å². The molecule has 4 atom stereocenters. The van der Waals surface area contributed by atoms with Crippen LogP contribution in [0.2, 0.25) is 0 Å². The molecule has 33 heavy (non-hydrogen) atoms. The highest BCUT2D eigenvalue weighted by Gasteiger charge is 2.56. The van der Waals surface area contributed by atoms with Gasteiger partial charge in [0.15, 0.2) is 5.78 Å². The monoisotopic (exact) mass is 449 g/mol. The largest absolute Gasteiger partial charge is 0.504 e. The van der Waals surface area contributed by atoms with Gasteiger partial charge >= 0.3 is 0 Å². The van der Waals surface area contributed by atoms with Crippen molar-refractivity contribution in [1.82, 2.24) is 9.80 Å². The quantitative estimate of drug-likeness (QED) is 0.469. The molecule has 3 fully saturated rings. The van der Waals surface area contributed by atoms with Crippen molar-refractivity contribution in [2.75, 3.05) is 33.3 Å². The molecule has 0 amide bonds. The number of rotatable bonds is 5. The van der Waals surface area contributed by atoms with Gasteiger partial charge in [0.2, 0.25) is 0 Å². The molecule has 0 unspecified atom stereocenters. The van der Waals surface area contributed by atoms with Gasteiger partial charge in [-0.2, -0.15) is 0 Å². The number of piperidine rings is 3. The van der Waals surface area contributed by atoms with Crippen LogP contribution in [0.25, 0.3) is 0 Å². The second-order valence-electron chi connectivity index (χ2n) is 10.5. The Morgan fingerprint density at radius 1 is 1.24 bits per heavy atom. The summed E-state index contributed by atoms with van der Waals surface area (Å²) in [5, 5.41) is 0. The number of methoxy groups -OCH3 is 1. The second kappa shape index (κ2) is 8.99. The van der Waals surface area contributed by atoms with E-state index in [0.717, 1.165) is 51.0 Å². The number of nitrogens with zero attached hydrogens (tertiary/aromatic N) is 3. The molecule has 4 heterocycles. The van der Waals surface area contributed by atoms with Gasteiger partial charge in [-0.05, 0) is 76.1 Å². The number of allylic oxidation sites excluding steroid dienone is 1.